The number of hydrogen-bond acceptors (Lipinski definition) is 6. The standard InChI is InChI=1S/C14H13FN2OS.C13H16N2O/c15-13-4-1-5-14(16-13)17-19-11-7-6-10-3-2-8-18-12(10)9-11;1-10(2)16-12-6-4-5-11(9-12)13-7-8-14-15(13)3/h1,4-7,9H,2-3,8H2,(H,16,17);4-10H,1-3H3. The molecule has 1 N–H and O–H groups in total. The maximum absolute atomic E-state index is 12.9. The number of anilines is 1. The molecule has 0 saturated carbocycles. The van der Waals surface area contributed by atoms with E-state index in [1.165, 1.54) is 23.6 Å². The minimum Gasteiger partial charge on any atom is -0.493 e. The van der Waals surface area contributed by atoms with Crippen LogP contribution in [0, 0.1) is 5.95 Å². The highest BCUT2D eigenvalue weighted by Crippen LogP contribution is 2.30. The van der Waals surface area contributed by atoms with Crippen LogP contribution in [0.1, 0.15) is 25.8 Å². The van der Waals surface area contributed by atoms with E-state index in [0.29, 0.717) is 5.82 Å². The zero-order valence-corrected chi connectivity index (χ0v) is 20.9. The van der Waals surface area contributed by atoms with Crippen molar-refractivity contribution in [2.24, 2.45) is 7.05 Å². The molecular formula is C27H29FN4O2S. The molecule has 35 heavy (non-hydrogen) atoms. The van der Waals surface area contributed by atoms with Gasteiger partial charge in [-0.05, 0) is 86.7 Å². The first-order valence-electron chi connectivity index (χ1n) is 11.5. The molecule has 0 bridgehead atoms. The predicted octanol–water partition coefficient (Wildman–Crippen LogP) is 6.54. The normalized spacial score (nSPS) is 12.3. The van der Waals surface area contributed by atoms with Gasteiger partial charge in [0.15, 0.2) is 0 Å². The third kappa shape index (κ3) is 6.99. The number of hydrogen-bond donors (Lipinski definition) is 1. The number of nitrogens with one attached hydrogen (secondary N) is 1. The van der Waals surface area contributed by atoms with Crippen LogP contribution >= 0.6 is 11.9 Å². The highest BCUT2D eigenvalue weighted by molar-refractivity contribution is 8.00. The Kier molecular flexibility index (Phi) is 8.26. The maximum atomic E-state index is 12.9. The van der Waals surface area contributed by atoms with Gasteiger partial charge in [0.05, 0.1) is 18.4 Å². The minimum absolute atomic E-state index is 0.196. The third-order valence-electron chi connectivity index (χ3n) is 5.20. The average molecular weight is 493 g/mol. The number of ether oxygens (including phenoxy) is 2. The van der Waals surface area contributed by atoms with Crippen molar-refractivity contribution in [3.63, 3.8) is 0 Å². The van der Waals surface area contributed by atoms with Crippen molar-refractivity contribution in [2.45, 2.75) is 37.7 Å². The van der Waals surface area contributed by atoms with Crippen LogP contribution in [0.3, 0.4) is 0 Å². The summed E-state index contributed by atoms with van der Waals surface area (Å²) in [6, 6.07) is 20.9. The SMILES string of the molecule is CC(C)Oc1cccc(-c2ccnn2C)c1.Fc1cccc(NSc2ccc3c(c2)OCCC3)n1. The number of rotatable bonds is 6. The van der Waals surface area contributed by atoms with Crippen molar-refractivity contribution >= 4 is 17.8 Å². The summed E-state index contributed by atoms with van der Waals surface area (Å²) in [4.78, 5) is 4.77. The first-order chi connectivity index (χ1) is 17.0. The Labute approximate surface area is 209 Å². The van der Waals surface area contributed by atoms with Crippen molar-refractivity contribution < 1.29 is 13.9 Å². The third-order valence-corrected chi connectivity index (χ3v) is 6.00. The van der Waals surface area contributed by atoms with E-state index < -0.39 is 5.95 Å². The molecule has 4 aromatic rings. The molecule has 1 aliphatic rings. The first-order valence-corrected chi connectivity index (χ1v) is 12.4. The van der Waals surface area contributed by atoms with E-state index in [1.54, 1.807) is 18.3 Å². The van der Waals surface area contributed by atoms with Gasteiger partial charge in [0.1, 0.15) is 17.3 Å². The Balaban J connectivity index is 0.000000168. The highest BCUT2D eigenvalue weighted by atomic mass is 32.2. The summed E-state index contributed by atoms with van der Waals surface area (Å²) in [5, 5.41) is 4.16. The van der Waals surface area contributed by atoms with Crippen LogP contribution in [0.5, 0.6) is 11.5 Å². The van der Waals surface area contributed by atoms with Gasteiger partial charge < -0.3 is 14.2 Å². The summed E-state index contributed by atoms with van der Waals surface area (Å²) in [6.07, 6.45) is 4.14. The Morgan fingerprint density at radius 1 is 1.09 bits per heavy atom. The van der Waals surface area contributed by atoms with Gasteiger partial charge in [-0.3, -0.25) is 4.68 Å². The molecule has 1 aliphatic heterocycles. The van der Waals surface area contributed by atoms with Crippen LogP contribution in [-0.2, 0) is 13.5 Å². The van der Waals surface area contributed by atoms with E-state index in [1.807, 2.05) is 62.0 Å². The summed E-state index contributed by atoms with van der Waals surface area (Å²) in [5.41, 5.74) is 3.46. The molecule has 0 amide bonds. The van der Waals surface area contributed by atoms with Gasteiger partial charge in [0.2, 0.25) is 5.95 Å². The molecule has 6 nitrogen and oxygen atoms in total. The second-order valence-electron chi connectivity index (χ2n) is 8.31. The number of halogens is 1. The van der Waals surface area contributed by atoms with E-state index in [-0.39, 0.29) is 6.10 Å². The monoisotopic (exact) mass is 492 g/mol. The van der Waals surface area contributed by atoms with E-state index in [2.05, 4.69) is 26.9 Å². The molecule has 0 spiro atoms. The van der Waals surface area contributed by atoms with Gasteiger partial charge in [-0.15, -0.1) is 0 Å². The Bertz CT molecular complexity index is 1260. The van der Waals surface area contributed by atoms with Crippen LogP contribution in [0.25, 0.3) is 11.3 Å². The van der Waals surface area contributed by atoms with Crippen LogP contribution in [0.4, 0.5) is 10.2 Å². The molecule has 5 rings (SSSR count). The largest absolute Gasteiger partial charge is 0.493 e. The molecule has 2 aromatic heterocycles. The van der Waals surface area contributed by atoms with Gasteiger partial charge in [-0.25, -0.2) is 4.98 Å². The summed E-state index contributed by atoms with van der Waals surface area (Å²) in [6.45, 7) is 4.83. The highest BCUT2D eigenvalue weighted by Gasteiger charge is 2.11. The minimum atomic E-state index is -0.487. The van der Waals surface area contributed by atoms with Crippen molar-refractivity contribution in [3.05, 3.63) is 84.4 Å². The molecular weight excluding hydrogens is 463 g/mol. The molecule has 3 heterocycles. The van der Waals surface area contributed by atoms with Gasteiger partial charge in [-0.2, -0.15) is 9.49 Å². The van der Waals surface area contributed by atoms with Gasteiger partial charge in [0, 0.05) is 23.7 Å². The van der Waals surface area contributed by atoms with Crippen LogP contribution in [0.2, 0.25) is 0 Å². The summed E-state index contributed by atoms with van der Waals surface area (Å²) < 4.78 is 29.1. The summed E-state index contributed by atoms with van der Waals surface area (Å²) in [7, 11) is 1.94. The van der Waals surface area contributed by atoms with Crippen molar-refractivity contribution in [2.75, 3.05) is 11.3 Å². The van der Waals surface area contributed by atoms with Gasteiger partial charge in [0.25, 0.3) is 0 Å². The van der Waals surface area contributed by atoms with Crippen LogP contribution < -0.4 is 14.2 Å². The van der Waals surface area contributed by atoms with E-state index in [9.17, 15) is 4.39 Å². The Morgan fingerprint density at radius 2 is 1.94 bits per heavy atom. The fourth-order valence-corrected chi connectivity index (χ4v) is 4.26. The number of nitrogens with zero attached hydrogens (tertiary/aromatic N) is 3. The molecule has 0 saturated heterocycles. The lowest BCUT2D eigenvalue weighted by Crippen LogP contribution is -2.08. The molecule has 0 unspecified atom stereocenters. The van der Waals surface area contributed by atoms with Crippen molar-refractivity contribution in [3.8, 4) is 22.8 Å². The fourth-order valence-electron chi connectivity index (χ4n) is 3.62. The fraction of sp³-hybridized carbons (Fsp3) is 0.259. The first kappa shape index (κ1) is 24.6. The average Bonchev–Trinajstić information content (AvgIpc) is 3.29. The smallest absolute Gasteiger partial charge is 0.214 e. The van der Waals surface area contributed by atoms with E-state index in [4.69, 9.17) is 9.47 Å². The molecule has 0 radical (unpaired) electrons. The Morgan fingerprint density at radius 3 is 2.71 bits per heavy atom. The number of aromatic nitrogens is 3. The zero-order chi connectivity index (χ0) is 24.6. The second-order valence-corrected chi connectivity index (χ2v) is 9.19. The topological polar surface area (TPSA) is 61.2 Å². The molecule has 0 aliphatic carbocycles. The lowest BCUT2D eigenvalue weighted by molar-refractivity contribution is 0.242. The summed E-state index contributed by atoms with van der Waals surface area (Å²) in [5.74, 6) is 1.86. The maximum Gasteiger partial charge on any atom is 0.214 e. The molecule has 0 fully saturated rings. The van der Waals surface area contributed by atoms with Gasteiger partial charge in [-0.1, -0.05) is 24.3 Å². The molecule has 8 heteroatoms. The zero-order valence-electron chi connectivity index (χ0n) is 20.1. The predicted molar refractivity (Wildman–Crippen MR) is 138 cm³/mol. The van der Waals surface area contributed by atoms with Gasteiger partial charge >= 0.3 is 0 Å². The lowest BCUT2D eigenvalue weighted by atomic mass is 10.1. The Hall–Kier alpha value is -3.52. The number of pyridine rings is 1. The van der Waals surface area contributed by atoms with E-state index >= 15 is 0 Å². The van der Waals surface area contributed by atoms with Crippen molar-refractivity contribution in [1.82, 2.24) is 14.8 Å². The lowest BCUT2D eigenvalue weighted by Gasteiger charge is -2.17. The number of aryl methyl sites for hydroxylation is 2. The summed E-state index contributed by atoms with van der Waals surface area (Å²) >= 11 is 1.40. The van der Waals surface area contributed by atoms with E-state index in [0.717, 1.165) is 47.1 Å². The van der Waals surface area contributed by atoms with Crippen LogP contribution in [-0.4, -0.2) is 27.5 Å². The second kappa shape index (κ2) is 11.8. The molecule has 182 valence electrons. The molecule has 0 atom stereocenters. The van der Waals surface area contributed by atoms with Crippen LogP contribution in [0.15, 0.2) is 77.8 Å². The quantitative estimate of drug-likeness (QED) is 0.244. The molecule has 2 aromatic carbocycles. The number of fused-ring (bicyclic) bond motifs is 1. The van der Waals surface area contributed by atoms with Crippen molar-refractivity contribution in [1.29, 1.82) is 0 Å². The number of benzene rings is 2.